The third-order valence-corrected chi connectivity index (χ3v) is 1.30. The zero-order valence-corrected chi connectivity index (χ0v) is 6.56. The van der Waals surface area contributed by atoms with Crippen molar-refractivity contribution in [2.45, 2.75) is 6.36 Å². The molecule has 0 aliphatic heterocycles. The van der Waals surface area contributed by atoms with Gasteiger partial charge in [-0.3, -0.25) is 0 Å². The highest BCUT2D eigenvalue weighted by Crippen LogP contribution is 2.26. The Balaban J connectivity index is 2.94. The maximum absolute atomic E-state index is 11.8. The molecule has 1 rings (SSSR count). The first-order chi connectivity index (χ1) is 6.03. The highest BCUT2D eigenvalue weighted by atomic mass is 19.4. The Bertz CT molecular complexity index is 304. The van der Waals surface area contributed by atoms with Crippen LogP contribution in [0.1, 0.15) is 5.56 Å². The molecule has 0 saturated heterocycles. The standard InChI is InChI=1S/C9H6F3O/c1-2-7-5-3-4-6-8(7)13-9(10,11)12/h2-3,5-6H,1H2. The lowest BCUT2D eigenvalue weighted by Gasteiger charge is -2.10. The quantitative estimate of drug-likeness (QED) is 0.691. The summed E-state index contributed by atoms with van der Waals surface area (Å²) in [7, 11) is 0. The van der Waals surface area contributed by atoms with Gasteiger partial charge in [-0.05, 0) is 12.1 Å². The average molecular weight is 187 g/mol. The largest absolute Gasteiger partial charge is 0.573 e. The van der Waals surface area contributed by atoms with Crippen molar-refractivity contribution in [1.29, 1.82) is 0 Å². The van der Waals surface area contributed by atoms with Crippen LogP contribution in [0.5, 0.6) is 5.75 Å². The van der Waals surface area contributed by atoms with Gasteiger partial charge in [0.1, 0.15) is 5.75 Å². The van der Waals surface area contributed by atoms with E-state index in [4.69, 9.17) is 0 Å². The second kappa shape index (κ2) is 3.51. The predicted octanol–water partition coefficient (Wildman–Crippen LogP) is 3.03. The molecule has 0 N–H and O–H groups in total. The number of rotatable bonds is 2. The summed E-state index contributed by atoms with van der Waals surface area (Å²) in [4.78, 5) is 0. The average Bonchev–Trinajstić information content (AvgIpc) is 2.02. The van der Waals surface area contributed by atoms with Gasteiger partial charge < -0.3 is 4.74 Å². The summed E-state index contributed by atoms with van der Waals surface area (Å²) < 4.78 is 39.1. The lowest BCUT2D eigenvalue weighted by atomic mass is 10.2. The van der Waals surface area contributed by atoms with Crippen LogP contribution in [-0.2, 0) is 0 Å². The molecule has 0 fully saturated rings. The van der Waals surface area contributed by atoms with Gasteiger partial charge >= 0.3 is 6.36 Å². The van der Waals surface area contributed by atoms with Crippen molar-refractivity contribution in [1.82, 2.24) is 0 Å². The molecule has 13 heavy (non-hydrogen) atoms. The summed E-state index contributed by atoms with van der Waals surface area (Å²) in [6.45, 7) is 3.36. The first kappa shape index (κ1) is 9.64. The van der Waals surface area contributed by atoms with E-state index in [1.807, 2.05) is 0 Å². The van der Waals surface area contributed by atoms with Crippen molar-refractivity contribution >= 4 is 6.08 Å². The van der Waals surface area contributed by atoms with E-state index >= 15 is 0 Å². The molecule has 1 aromatic carbocycles. The Morgan fingerprint density at radius 1 is 1.46 bits per heavy atom. The van der Waals surface area contributed by atoms with Gasteiger partial charge in [-0.1, -0.05) is 24.8 Å². The normalized spacial score (nSPS) is 11.0. The third-order valence-electron chi connectivity index (χ3n) is 1.30. The molecule has 0 atom stereocenters. The summed E-state index contributed by atoms with van der Waals surface area (Å²) in [5.74, 6) is -0.287. The van der Waals surface area contributed by atoms with E-state index in [-0.39, 0.29) is 11.3 Å². The van der Waals surface area contributed by atoms with E-state index < -0.39 is 6.36 Å². The van der Waals surface area contributed by atoms with Gasteiger partial charge in [0.05, 0.1) is 0 Å². The maximum atomic E-state index is 11.8. The molecule has 0 spiro atoms. The Kier molecular flexibility index (Phi) is 2.60. The molecule has 69 valence electrons. The summed E-state index contributed by atoms with van der Waals surface area (Å²) >= 11 is 0. The summed E-state index contributed by atoms with van der Waals surface area (Å²) in [5.41, 5.74) is 0.288. The highest BCUT2D eigenvalue weighted by molar-refractivity contribution is 5.55. The van der Waals surface area contributed by atoms with E-state index in [1.165, 1.54) is 18.2 Å². The van der Waals surface area contributed by atoms with Crippen molar-refractivity contribution in [3.63, 3.8) is 0 Å². The first-order valence-electron chi connectivity index (χ1n) is 3.41. The molecule has 0 bridgehead atoms. The van der Waals surface area contributed by atoms with E-state index in [1.54, 1.807) is 0 Å². The van der Waals surface area contributed by atoms with Gasteiger partial charge in [0.2, 0.25) is 0 Å². The highest BCUT2D eigenvalue weighted by Gasteiger charge is 2.31. The number of benzene rings is 1. The smallest absolute Gasteiger partial charge is 0.405 e. The fourth-order valence-corrected chi connectivity index (χ4v) is 0.809. The van der Waals surface area contributed by atoms with Crippen LogP contribution < -0.4 is 4.74 Å². The summed E-state index contributed by atoms with van der Waals surface area (Å²) in [6.07, 6.45) is -3.39. The minimum atomic E-state index is -4.67. The lowest BCUT2D eigenvalue weighted by molar-refractivity contribution is -0.274. The number of hydrogen-bond acceptors (Lipinski definition) is 1. The zero-order valence-electron chi connectivity index (χ0n) is 6.56. The second-order valence-corrected chi connectivity index (χ2v) is 2.22. The molecular formula is C9H6F3O. The van der Waals surface area contributed by atoms with Crippen molar-refractivity contribution in [3.8, 4) is 5.75 Å². The molecule has 0 saturated carbocycles. The van der Waals surface area contributed by atoms with Crippen molar-refractivity contribution in [2.75, 3.05) is 0 Å². The van der Waals surface area contributed by atoms with Crippen LogP contribution in [0.4, 0.5) is 13.2 Å². The van der Waals surface area contributed by atoms with E-state index in [0.29, 0.717) is 0 Å². The number of hydrogen-bond donors (Lipinski definition) is 0. The van der Waals surface area contributed by atoms with Crippen LogP contribution >= 0.6 is 0 Å². The van der Waals surface area contributed by atoms with Gasteiger partial charge in [-0.25, -0.2) is 0 Å². The van der Waals surface area contributed by atoms with Crippen LogP contribution in [-0.4, -0.2) is 6.36 Å². The van der Waals surface area contributed by atoms with Crippen molar-refractivity contribution in [2.24, 2.45) is 0 Å². The van der Waals surface area contributed by atoms with E-state index in [0.717, 1.165) is 6.07 Å². The summed E-state index contributed by atoms with van der Waals surface area (Å²) in [6, 6.07) is 6.53. The second-order valence-electron chi connectivity index (χ2n) is 2.22. The van der Waals surface area contributed by atoms with Gasteiger partial charge in [-0.15, -0.1) is 13.2 Å². The van der Waals surface area contributed by atoms with Crippen LogP contribution in [0.25, 0.3) is 6.08 Å². The van der Waals surface area contributed by atoms with Crippen LogP contribution in [0, 0.1) is 6.07 Å². The van der Waals surface area contributed by atoms with Gasteiger partial charge in [0.25, 0.3) is 0 Å². The molecule has 1 radical (unpaired) electrons. The third kappa shape index (κ3) is 2.82. The molecule has 0 heterocycles. The van der Waals surface area contributed by atoms with Crippen LogP contribution in [0.3, 0.4) is 0 Å². The van der Waals surface area contributed by atoms with Gasteiger partial charge in [0, 0.05) is 5.56 Å². The predicted molar refractivity (Wildman–Crippen MR) is 42.1 cm³/mol. The fourth-order valence-electron chi connectivity index (χ4n) is 0.809. The topological polar surface area (TPSA) is 9.23 Å². The molecule has 0 aromatic heterocycles. The molecule has 0 aliphatic carbocycles. The lowest BCUT2D eigenvalue weighted by Crippen LogP contribution is -2.17. The Morgan fingerprint density at radius 3 is 2.69 bits per heavy atom. The molecular weight excluding hydrogens is 181 g/mol. The molecule has 1 aromatic rings. The Hall–Kier alpha value is -1.45. The number of alkyl halides is 3. The Labute approximate surface area is 73.4 Å². The van der Waals surface area contributed by atoms with Gasteiger partial charge in [0.15, 0.2) is 0 Å². The molecule has 4 heteroatoms. The minimum absolute atomic E-state index is 0.287. The number of ether oxygens (including phenoxy) is 1. The first-order valence-corrected chi connectivity index (χ1v) is 3.41. The Morgan fingerprint density at radius 2 is 2.15 bits per heavy atom. The SMILES string of the molecule is C=Cc1cc[c]cc1OC(F)(F)F. The maximum Gasteiger partial charge on any atom is 0.573 e. The van der Waals surface area contributed by atoms with Gasteiger partial charge in [-0.2, -0.15) is 0 Å². The molecule has 0 aliphatic rings. The number of halogens is 3. The van der Waals surface area contributed by atoms with Crippen molar-refractivity contribution in [3.05, 3.63) is 36.4 Å². The fraction of sp³-hybridized carbons (Fsp3) is 0.111. The van der Waals surface area contributed by atoms with Crippen LogP contribution in [0.15, 0.2) is 24.8 Å². The van der Waals surface area contributed by atoms with E-state index in [2.05, 4.69) is 17.4 Å². The minimum Gasteiger partial charge on any atom is -0.405 e. The molecule has 1 nitrogen and oxygen atoms in total. The molecule has 0 amide bonds. The molecule has 0 unspecified atom stereocenters. The zero-order chi connectivity index (χ0) is 9.90. The van der Waals surface area contributed by atoms with Crippen LogP contribution in [0.2, 0.25) is 0 Å². The van der Waals surface area contributed by atoms with E-state index in [9.17, 15) is 13.2 Å². The van der Waals surface area contributed by atoms with Crippen molar-refractivity contribution < 1.29 is 17.9 Å². The summed E-state index contributed by atoms with van der Waals surface area (Å²) in [5, 5.41) is 0. The monoisotopic (exact) mass is 187 g/mol.